The predicted molar refractivity (Wildman–Crippen MR) is 72.0 cm³/mol. The molecule has 2 fully saturated rings. The number of likely N-dealkylation sites (tertiary alicyclic amines) is 1. The SMILES string of the molecule is CCCC1CCN(C2CCC(C)(C)C2O)CC1. The third-order valence-electron chi connectivity index (χ3n) is 5.06. The predicted octanol–water partition coefficient (Wildman–Crippen LogP) is 3.05. The van der Waals surface area contributed by atoms with Gasteiger partial charge in [-0.3, -0.25) is 4.90 Å². The van der Waals surface area contributed by atoms with Gasteiger partial charge in [0.05, 0.1) is 6.10 Å². The highest BCUT2D eigenvalue weighted by Gasteiger charge is 2.43. The Kier molecular flexibility index (Phi) is 4.14. The molecule has 1 N–H and O–H groups in total. The van der Waals surface area contributed by atoms with Crippen LogP contribution in [0.25, 0.3) is 0 Å². The van der Waals surface area contributed by atoms with Crippen LogP contribution in [0.5, 0.6) is 0 Å². The summed E-state index contributed by atoms with van der Waals surface area (Å²) >= 11 is 0. The number of nitrogens with zero attached hydrogens (tertiary/aromatic N) is 1. The lowest BCUT2D eigenvalue weighted by Crippen LogP contribution is -2.47. The molecule has 1 aliphatic heterocycles. The number of hydrogen-bond acceptors (Lipinski definition) is 2. The van der Waals surface area contributed by atoms with Crippen LogP contribution in [0.15, 0.2) is 0 Å². The first kappa shape index (κ1) is 13.4. The van der Waals surface area contributed by atoms with Crippen molar-refractivity contribution in [1.29, 1.82) is 0 Å². The molecule has 1 heterocycles. The van der Waals surface area contributed by atoms with Crippen LogP contribution in [0, 0.1) is 11.3 Å². The topological polar surface area (TPSA) is 23.5 Å². The number of aliphatic hydroxyl groups is 1. The molecule has 2 aliphatic rings. The van der Waals surface area contributed by atoms with Crippen LogP contribution in [-0.4, -0.2) is 35.2 Å². The van der Waals surface area contributed by atoms with Gasteiger partial charge in [0.1, 0.15) is 0 Å². The minimum absolute atomic E-state index is 0.120. The van der Waals surface area contributed by atoms with Gasteiger partial charge in [-0.25, -0.2) is 0 Å². The van der Waals surface area contributed by atoms with Gasteiger partial charge in [-0.1, -0.05) is 33.6 Å². The van der Waals surface area contributed by atoms with E-state index in [1.807, 2.05) is 0 Å². The molecule has 0 radical (unpaired) electrons. The first-order chi connectivity index (χ1) is 8.04. The van der Waals surface area contributed by atoms with E-state index in [9.17, 15) is 5.11 Å². The molecule has 1 aliphatic carbocycles. The molecule has 0 amide bonds. The van der Waals surface area contributed by atoms with E-state index in [-0.39, 0.29) is 11.5 Å². The molecule has 17 heavy (non-hydrogen) atoms. The summed E-state index contributed by atoms with van der Waals surface area (Å²) in [6, 6.07) is 0.438. The highest BCUT2D eigenvalue weighted by atomic mass is 16.3. The van der Waals surface area contributed by atoms with Crippen LogP contribution in [-0.2, 0) is 0 Å². The summed E-state index contributed by atoms with van der Waals surface area (Å²) in [4.78, 5) is 2.56. The van der Waals surface area contributed by atoms with E-state index in [0.717, 1.165) is 5.92 Å². The molecule has 2 atom stereocenters. The van der Waals surface area contributed by atoms with Gasteiger partial charge in [-0.15, -0.1) is 0 Å². The third kappa shape index (κ3) is 2.85. The highest BCUT2D eigenvalue weighted by Crippen LogP contribution is 2.40. The summed E-state index contributed by atoms with van der Waals surface area (Å²) in [7, 11) is 0. The van der Waals surface area contributed by atoms with Crippen molar-refractivity contribution >= 4 is 0 Å². The van der Waals surface area contributed by atoms with Crippen LogP contribution in [0.3, 0.4) is 0 Å². The van der Waals surface area contributed by atoms with Gasteiger partial charge in [0.2, 0.25) is 0 Å². The Labute approximate surface area is 106 Å². The lowest BCUT2D eigenvalue weighted by Gasteiger charge is -2.38. The zero-order valence-electron chi connectivity index (χ0n) is 11.8. The monoisotopic (exact) mass is 239 g/mol. The fourth-order valence-corrected chi connectivity index (χ4v) is 3.71. The Morgan fingerprint density at radius 1 is 1.18 bits per heavy atom. The Morgan fingerprint density at radius 2 is 1.82 bits per heavy atom. The highest BCUT2D eigenvalue weighted by molar-refractivity contribution is 4.97. The second-order valence-electron chi connectivity index (χ2n) is 6.81. The third-order valence-corrected chi connectivity index (χ3v) is 5.06. The summed E-state index contributed by atoms with van der Waals surface area (Å²) in [5, 5.41) is 10.4. The second-order valence-corrected chi connectivity index (χ2v) is 6.81. The van der Waals surface area contributed by atoms with Crippen LogP contribution in [0.4, 0.5) is 0 Å². The molecule has 2 heteroatoms. The summed E-state index contributed by atoms with van der Waals surface area (Å²) < 4.78 is 0. The van der Waals surface area contributed by atoms with Gasteiger partial charge >= 0.3 is 0 Å². The summed E-state index contributed by atoms with van der Waals surface area (Å²) in [6.45, 7) is 9.13. The molecule has 0 aromatic heterocycles. The number of rotatable bonds is 3. The van der Waals surface area contributed by atoms with Crippen molar-refractivity contribution in [2.75, 3.05) is 13.1 Å². The van der Waals surface area contributed by atoms with E-state index >= 15 is 0 Å². The molecular formula is C15H29NO. The van der Waals surface area contributed by atoms with Crippen molar-refractivity contribution in [2.24, 2.45) is 11.3 Å². The molecule has 0 spiro atoms. The zero-order chi connectivity index (χ0) is 12.5. The fraction of sp³-hybridized carbons (Fsp3) is 1.00. The van der Waals surface area contributed by atoms with Crippen LogP contribution in [0.1, 0.15) is 59.3 Å². The van der Waals surface area contributed by atoms with Gasteiger partial charge in [-0.2, -0.15) is 0 Å². The van der Waals surface area contributed by atoms with E-state index in [1.165, 1.54) is 51.6 Å². The van der Waals surface area contributed by atoms with Gasteiger partial charge < -0.3 is 5.11 Å². The molecule has 0 bridgehead atoms. The molecule has 1 saturated carbocycles. The lowest BCUT2D eigenvalue weighted by molar-refractivity contribution is 0.00241. The average molecular weight is 239 g/mol. The minimum atomic E-state index is -0.120. The molecular weight excluding hydrogens is 210 g/mol. The van der Waals surface area contributed by atoms with Crippen LogP contribution in [0.2, 0.25) is 0 Å². The van der Waals surface area contributed by atoms with Crippen molar-refractivity contribution in [2.45, 2.75) is 71.4 Å². The van der Waals surface area contributed by atoms with Crippen LogP contribution < -0.4 is 0 Å². The first-order valence-electron chi connectivity index (χ1n) is 7.46. The van der Waals surface area contributed by atoms with Gasteiger partial charge in [0.15, 0.2) is 0 Å². The molecule has 0 aromatic rings. The average Bonchev–Trinajstić information content (AvgIpc) is 2.56. The van der Waals surface area contributed by atoms with Gasteiger partial charge in [0, 0.05) is 6.04 Å². The van der Waals surface area contributed by atoms with Crippen molar-refractivity contribution in [1.82, 2.24) is 4.90 Å². The maximum Gasteiger partial charge on any atom is 0.0746 e. The Balaban J connectivity index is 1.85. The first-order valence-corrected chi connectivity index (χ1v) is 7.46. The summed E-state index contributed by atoms with van der Waals surface area (Å²) in [5.41, 5.74) is 0.130. The standard InChI is InChI=1S/C15H29NO/c1-4-5-12-7-10-16(11-8-12)13-6-9-15(2,3)14(13)17/h12-14,17H,4-11H2,1-3H3. The maximum atomic E-state index is 10.4. The summed E-state index contributed by atoms with van der Waals surface area (Å²) in [6.07, 6.45) is 7.65. The zero-order valence-corrected chi connectivity index (χ0v) is 11.8. The van der Waals surface area contributed by atoms with Gasteiger partial charge in [0.25, 0.3) is 0 Å². The number of piperidine rings is 1. The molecule has 0 aromatic carbocycles. The molecule has 2 nitrogen and oxygen atoms in total. The van der Waals surface area contributed by atoms with Crippen molar-refractivity contribution < 1.29 is 5.11 Å². The quantitative estimate of drug-likeness (QED) is 0.818. The van der Waals surface area contributed by atoms with Crippen molar-refractivity contribution in [3.05, 3.63) is 0 Å². The smallest absolute Gasteiger partial charge is 0.0746 e. The Hall–Kier alpha value is -0.0800. The molecule has 2 rings (SSSR count). The molecule has 2 unspecified atom stereocenters. The normalized spacial score (nSPS) is 35.3. The summed E-state index contributed by atoms with van der Waals surface area (Å²) in [5.74, 6) is 0.947. The molecule has 100 valence electrons. The second kappa shape index (κ2) is 5.27. The lowest BCUT2D eigenvalue weighted by atomic mass is 9.87. The van der Waals surface area contributed by atoms with Crippen molar-refractivity contribution in [3.8, 4) is 0 Å². The van der Waals surface area contributed by atoms with Crippen molar-refractivity contribution in [3.63, 3.8) is 0 Å². The molecule has 1 saturated heterocycles. The Morgan fingerprint density at radius 3 is 2.29 bits per heavy atom. The minimum Gasteiger partial charge on any atom is -0.391 e. The van der Waals surface area contributed by atoms with E-state index in [0.29, 0.717) is 6.04 Å². The number of hydrogen-bond donors (Lipinski definition) is 1. The Bertz CT molecular complexity index is 243. The van der Waals surface area contributed by atoms with Crippen LogP contribution >= 0.6 is 0 Å². The van der Waals surface area contributed by atoms with E-state index < -0.39 is 0 Å². The largest absolute Gasteiger partial charge is 0.391 e. The fourth-order valence-electron chi connectivity index (χ4n) is 3.71. The van der Waals surface area contributed by atoms with E-state index in [2.05, 4.69) is 25.7 Å². The maximum absolute atomic E-state index is 10.4. The van der Waals surface area contributed by atoms with Gasteiger partial charge in [-0.05, 0) is 50.1 Å². The van der Waals surface area contributed by atoms with E-state index in [1.54, 1.807) is 0 Å². The number of aliphatic hydroxyl groups excluding tert-OH is 1. The van der Waals surface area contributed by atoms with E-state index in [4.69, 9.17) is 0 Å².